The summed E-state index contributed by atoms with van der Waals surface area (Å²) in [4.78, 5) is 53.7. The van der Waals surface area contributed by atoms with Gasteiger partial charge in [-0.2, -0.15) is 0 Å². The molecule has 0 spiro atoms. The molecule has 2 aliphatic heterocycles. The minimum absolute atomic E-state index is 0.177. The van der Waals surface area contributed by atoms with Crippen molar-refractivity contribution in [3.8, 4) is 23.0 Å². The number of anilines is 2. The van der Waals surface area contributed by atoms with Crippen LogP contribution in [-0.2, 0) is 19.2 Å². The van der Waals surface area contributed by atoms with Gasteiger partial charge in [-0.25, -0.2) is 9.80 Å². The van der Waals surface area contributed by atoms with Gasteiger partial charge in [-0.15, -0.1) is 0 Å². The largest absolute Gasteiger partial charge is 0.455 e. The van der Waals surface area contributed by atoms with Crippen molar-refractivity contribution in [1.29, 1.82) is 0 Å². The van der Waals surface area contributed by atoms with E-state index in [9.17, 15) is 29.4 Å². The molecule has 228 valence electrons. The summed E-state index contributed by atoms with van der Waals surface area (Å²) in [5.41, 5.74) is 1.54. The van der Waals surface area contributed by atoms with Crippen LogP contribution in [-0.4, -0.2) is 46.0 Å². The molecule has 4 aromatic carbocycles. The molecule has 2 atom stereocenters. The van der Waals surface area contributed by atoms with Gasteiger partial charge in [0.25, 0.3) is 11.8 Å². The van der Waals surface area contributed by atoms with Crippen molar-refractivity contribution in [3.05, 3.63) is 108 Å². The molecular weight excluding hydrogens is 576 g/mol. The number of imide groups is 2. The smallest absolute Gasteiger partial charge is 0.263 e. The molecule has 2 heterocycles. The third-order valence-corrected chi connectivity index (χ3v) is 7.86. The average Bonchev–Trinajstić information content (AvgIpc) is 3.45. The summed E-state index contributed by atoms with van der Waals surface area (Å²) in [6.45, 7) is 1.94. The van der Waals surface area contributed by atoms with Crippen molar-refractivity contribution >= 4 is 35.0 Å². The highest BCUT2D eigenvalue weighted by Crippen LogP contribution is 2.48. The highest BCUT2D eigenvalue weighted by atomic mass is 16.5. The van der Waals surface area contributed by atoms with E-state index in [1.807, 2.05) is 31.2 Å². The van der Waals surface area contributed by atoms with Crippen LogP contribution in [0.15, 0.2) is 97.1 Å². The molecule has 0 radical (unpaired) electrons. The number of benzene rings is 4. The highest BCUT2D eigenvalue weighted by molar-refractivity contribution is 6.23. The van der Waals surface area contributed by atoms with Crippen LogP contribution in [0.1, 0.15) is 43.2 Å². The van der Waals surface area contributed by atoms with E-state index in [2.05, 4.69) is 0 Å². The second-order valence-electron chi connectivity index (χ2n) is 10.8. The van der Waals surface area contributed by atoms with Crippen molar-refractivity contribution in [1.82, 2.24) is 0 Å². The highest BCUT2D eigenvalue weighted by Gasteiger charge is 2.42. The molecule has 2 aliphatic rings. The Kier molecular flexibility index (Phi) is 8.16. The monoisotopic (exact) mass is 606 g/mol. The Morgan fingerprint density at radius 2 is 1.02 bits per heavy atom. The molecule has 6 rings (SSSR count). The predicted molar refractivity (Wildman–Crippen MR) is 164 cm³/mol. The molecule has 10 heteroatoms. The topological polar surface area (TPSA) is 134 Å². The summed E-state index contributed by atoms with van der Waals surface area (Å²) >= 11 is 0. The van der Waals surface area contributed by atoms with E-state index in [1.165, 1.54) is 0 Å². The first-order valence-electron chi connectivity index (χ1n) is 14.6. The van der Waals surface area contributed by atoms with Gasteiger partial charge in [0.15, 0.2) is 11.5 Å². The molecule has 2 saturated heterocycles. The first-order chi connectivity index (χ1) is 21.8. The minimum Gasteiger partial charge on any atom is -0.455 e. The molecular formula is C35H30N2O8. The zero-order chi connectivity index (χ0) is 31.7. The summed E-state index contributed by atoms with van der Waals surface area (Å²) < 4.78 is 12.8. The van der Waals surface area contributed by atoms with Gasteiger partial charge >= 0.3 is 0 Å². The molecule has 0 aliphatic carbocycles. The van der Waals surface area contributed by atoms with E-state index in [-0.39, 0.29) is 35.7 Å². The van der Waals surface area contributed by atoms with Gasteiger partial charge in [-0.1, -0.05) is 67.6 Å². The zero-order valence-electron chi connectivity index (χ0n) is 24.3. The lowest BCUT2D eigenvalue weighted by Gasteiger charge is -2.27. The van der Waals surface area contributed by atoms with Crippen LogP contribution in [0.5, 0.6) is 23.0 Å². The number of hydrogen-bond donors (Lipinski definition) is 2. The maximum atomic E-state index is 13.0. The average molecular weight is 607 g/mol. The second kappa shape index (κ2) is 12.4. The van der Waals surface area contributed by atoms with E-state index in [4.69, 9.17) is 9.47 Å². The number of carbonyl (C=O) groups excluding carboxylic acids is 4. The van der Waals surface area contributed by atoms with Gasteiger partial charge in [-0.05, 0) is 42.8 Å². The van der Waals surface area contributed by atoms with Gasteiger partial charge in [-0.3, -0.25) is 19.2 Å². The number of nitrogens with zero attached hydrogens (tertiary/aromatic N) is 2. The van der Waals surface area contributed by atoms with Crippen LogP contribution in [0.3, 0.4) is 0 Å². The van der Waals surface area contributed by atoms with Crippen molar-refractivity contribution in [2.45, 2.75) is 44.3 Å². The van der Waals surface area contributed by atoms with Crippen LogP contribution in [0, 0.1) is 0 Å². The standard InChI is InChI=1S/C35H30N2O8/c1-2-23(24-15-9-17-26(36-30(40)19-28(38)34(36)42)32(24)44-21-11-5-3-6-12-21)25-16-10-18-27(37-31(41)20-29(39)35(37)43)33(25)45-22-13-7-4-8-14-22/h3-18,23,28-29,38-39H,2,19-20H2,1H3. The zero-order valence-corrected chi connectivity index (χ0v) is 24.3. The van der Waals surface area contributed by atoms with E-state index in [0.717, 1.165) is 9.80 Å². The Bertz CT molecular complexity index is 1650. The van der Waals surface area contributed by atoms with Crippen LogP contribution in [0.4, 0.5) is 11.4 Å². The number of ether oxygens (including phenoxy) is 2. The maximum Gasteiger partial charge on any atom is 0.263 e. The van der Waals surface area contributed by atoms with Gasteiger partial charge < -0.3 is 19.7 Å². The Morgan fingerprint density at radius 3 is 1.36 bits per heavy atom. The molecule has 2 unspecified atom stereocenters. The number of carbonyl (C=O) groups is 4. The van der Waals surface area contributed by atoms with Crippen molar-refractivity contribution in [2.75, 3.05) is 9.80 Å². The van der Waals surface area contributed by atoms with Crippen LogP contribution in [0.2, 0.25) is 0 Å². The third kappa shape index (κ3) is 5.57. The lowest BCUT2D eigenvalue weighted by molar-refractivity contribution is -0.125. The predicted octanol–water partition coefficient (Wildman–Crippen LogP) is 5.06. The summed E-state index contributed by atoms with van der Waals surface area (Å²) in [5.74, 6) is -1.75. The summed E-state index contributed by atoms with van der Waals surface area (Å²) in [6, 6.07) is 28.0. The summed E-state index contributed by atoms with van der Waals surface area (Å²) in [7, 11) is 0. The van der Waals surface area contributed by atoms with Crippen LogP contribution in [0.25, 0.3) is 0 Å². The molecule has 4 aromatic rings. The fraction of sp³-hybridized carbons (Fsp3) is 0.200. The number of para-hydroxylation sites is 4. The fourth-order valence-electron chi connectivity index (χ4n) is 5.77. The third-order valence-electron chi connectivity index (χ3n) is 7.86. The fourth-order valence-corrected chi connectivity index (χ4v) is 5.77. The minimum atomic E-state index is -1.46. The van der Waals surface area contributed by atoms with Crippen LogP contribution < -0.4 is 19.3 Å². The van der Waals surface area contributed by atoms with Gasteiger partial charge in [0.2, 0.25) is 11.8 Å². The molecule has 4 amide bonds. The van der Waals surface area contributed by atoms with E-state index in [1.54, 1.807) is 72.8 Å². The second-order valence-corrected chi connectivity index (χ2v) is 10.8. The molecule has 0 bridgehead atoms. The van der Waals surface area contributed by atoms with Gasteiger partial charge in [0, 0.05) is 17.0 Å². The number of rotatable bonds is 9. The normalized spacial score (nSPS) is 18.9. The van der Waals surface area contributed by atoms with E-state index < -0.39 is 41.8 Å². The molecule has 10 nitrogen and oxygen atoms in total. The lowest BCUT2D eigenvalue weighted by atomic mass is 9.86. The van der Waals surface area contributed by atoms with Gasteiger partial charge in [0.1, 0.15) is 23.7 Å². The number of amides is 4. The quantitative estimate of drug-likeness (QED) is 0.253. The molecule has 45 heavy (non-hydrogen) atoms. The summed E-state index contributed by atoms with van der Waals surface area (Å²) in [6.07, 6.45) is -3.13. The van der Waals surface area contributed by atoms with E-state index >= 15 is 0 Å². The lowest BCUT2D eigenvalue weighted by Crippen LogP contribution is -2.32. The Morgan fingerprint density at radius 1 is 0.622 bits per heavy atom. The Balaban J connectivity index is 1.55. The number of aliphatic hydroxyl groups is 2. The molecule has 2 fully saturated rings. The number of hydrogen-bond acceptors (Lipinski definition) is 8. The Labute approximate surface area is 259 Å². The SMILES string of the molecule is CCC(c1cccc(N2C(=O)CC(O)C2=O)c1Oc1ccccc1)c1cccc(N2C(=O)CC(O)C2=O)c1Oc1ccccc1. The number of aliphatic hydroxyl groups excluding tert-OH is 2. The first-order valence-corrected chi connectivity index (χ1v) is 14.6. The van der Waals surface area contributed by atoms with Gasteiger partial charge in [0.05, 0.1) is 24.2 Å². The Hall–Kier alpha value is -5.32. The van der Waals surface area contributed by atoms with Crippen LogP contribution >= 0.6 is 0 Å². The molecule has 2 N–H and O–H groups in total. The van der Waals surface area contributed by atoms with Crippen molar-refractivity contribution in [2.24, 2.45) is 0 Å². The molecule has 0 aromatic heterocycles. The molecule has 0 saturated carbocycles. The van der Waals surface area contributed by atoms with Crippen molar-refractivity contribution < 1.29 is 38.9 Å². The summed E-state index contributed by atoms with van der Waals surface area (Å²) in [5, 5.41) is 20.4. The maximum absolute atomic E-state index is 13.0. The van der Waals surface area contributed by atoms with E-state index in [0.29, 0.717) is 29.0 Å². The van der Waals surface area contributed by atoms with Crippen molar-refractivity contribution in [3.63, 3.8) is 0 Å². The first kappa shape index (κ1) is 29.7.